The van der Waals surface area contributed by atoms with Crippen molar-refractivity contribution in [1.82, 2.24) is 14.7 Å². The Kier molecular flexibility index (Phi) is 3.84. The summed E-state index contributed by atoms with van der Waals surface area (Å²) in [6.45, 7) is 4.16. The van der Waals surface area contributed by atoms with Crippen LogP contribution in [-0.4, -0.2) is 53.4 Å². The third kappa shape index (κ3) is 2.81. The maximum Gasteiger partial charge on any atom is 0.274 e. The van der Waals surface area contributed by atoms with Crippen LogP contribution in [0.25, 0.3) is 0 Å². The van der Waals surface area contributed by atoms with Crippen molar-refractivity contribution in [3.8, 4) is 5.88 Å². The van der Waals surface area contributed by atoms with Crippen LogP contribution in [0, 0.1) is 5.82 Å². The van der Waals surface area contributed by atoms with Crippen LogP contribution >= 0.6 is 0 Å². The summed E-state index contributed by atoms with van der Waals surface area (Å²) in [5.41, 5.74) is 1.43. The van der Waals surface area contributed by atoms with E-state index in [4.69, 9.17) is 4.74 Å². The minimum absolute atomic E-state index is 0.0562. The van der Waals surface area contributed by atoms with Crippen molar-refractivity contribution in [2.45, 2.75) is 13.0 Å². The number of fused-ring (bicyclic) bond motifs is 1. The van der Waals surface area contributed by atoms with Crippen molar-refractivity contribution in [3.05, 3.63) is 41.8 Å². The molecule has 24 heavy (non-hydrogen) atoms. The zero-order valence-electron chi connectivity index (χ0n) is 13.3. The molecular weight excluding hydrogens is 311 g/mol. The largest absolute Gasteiger partial charge is 0.478 e. The lowest BCUT2D eigenvalue weighted by atomic mass is 10.2. The molecule has 2 aromatic rings. The molecule has 1 saturated heterocycles. The number of amides is 1. The maximum atomic E-state index is 13.0. The van der Waals surface area contributed by atoms with Crippen molar-refractivity contribution < 1.29 is 13.9 Å². The Morgan fingerprint density at radius 1 is 1.08 bits per heavy atom. The molecule has 1 aromatic carbocycles. The van der Waals surface area contributed by atoms with E-state index in [0.717, 1.165) is 31.7 Å². The number of aromatic nitrogens is 2. The summed E-state index contributed by atoms with van der Waals surface area (Å²) in [5, 5.41) is 4.36. The van der Waals surface area contributed by atoms with Crippen LogP contribution in [0.1, 0.15) is 16.9 Å². The molecule has 0 atom stereocenters. The first-order chi connectivity index (χ1) is 11.7. The fourth-order valence-corrected chi connectivity index (χ4v) is 3.15. The summed E-state index contributed by atoms with van der Waals surface area (Å²) in [6, 6.07) is 8.19. The smallest absolute Gasteiger partial charge is 0.274 e. The third-order valence-corrected chi connectivity index (χ3v) is 4.49. The van der Waals surface area contributed by atoms with Gasteiger partial charge in [-0.2, -0.15) is 5.10 Å². The predicted octanol–water partition coefficient (Wildman–Crippen LogP) is 1.77. The number of rotatable bonds is 2. The van der Waals surface area contributed by atoms with E-state index in [9.17, 15) is 9.18 Å². The molecule has 1 aromatic heterocycles. The lowest BCUT2D eigenvalue weighted by Gasteiger charge is -2.35. The molecule has 3 heterocycles. The first kappa shape index (κ1) is 15.0. The predicted molar refractivity (Wildman–Crippen MR) is 86.9 cm³/mol. The highest BCUT2D eigenvalue weighted by atomic mass is 19.1. The summed E-state index contributed by atoms with van der Waals surface area (Å²) in [7, 11) is 0. The molecule has 6 nitrogen and oxygen atoms in total. The second-order valence-electron chi connectivity index (χ2n) is 6.05. The highest BCUT2D eigenvalue weighted by Gasteiger charge is 2.26. The van der Waals surface area contributed by atoms with Crippen LogP contribution in [0.4, 0.5) is 10.1 Å². The molecule has 2 aliphatic heterocycles. The van der Waals surface area contributed by atoms with E-state index >= 15 is 0 Å². The van der Waals surface area contributed by atoms with E-state index in [1.807, 2.05) is 4.90 Å². The molecular formula is C17H19FN4O2. The SMILES string of the molecule is O=C(c1cc2n(n1)CCCO2)N1CCN(c2ccc(F)cc2)CC1. The van der Waals surface area contributed by atoms with Crippen LogP contribution in [0.5, 0.6) is 5.88 Å². The summed E-state index contributed by atoms with van der Waals surface area (Å²) >= 11 is 0. The van der Waals surface area contributed by atoms with Crippen molar-refractivity contribution in [2.24, 2.45) is 0 Å². The van der Waals surface area contributed by atoms with Gasteiger partial charge >= 0.3 is 0 Å². The van der Waals surface area contributed by atoms with Gasteiger partial charge < -0.3 is 14.5 Å². The average Bonchev–Trinajstić information content (AvgIpc) is 3.06. The lowest BCUT2D eigenvalue weighted by Crippen LogP contribution is -2.48. The monoisotopic (exact) mass is 330 g/mol. The van der Waals surface area contributed by atoms with Crippen LogP contribution in [0.3, 0.4) is 0 Å². The molecule has 4 rings (SSSR count). The third-order valence-electron chi connectivity index (χ3n) is 4.49. The molecule has 0 radical (unpaired) electrons. The summed E-state index contributed by atoms with van der Waals surface area (Å²) in [5.74, 6) is 0.382. The molecule has 1 fully saturated rings. The number of hydrogen-bond donors (Lipinski definition) is 0. The van der Waals surface area contributed by atoms with E-state index in [1.165, 1.54) is 12.1 Å². The molecule has 0 bridgehead atoms. The van der Waals surface area contributed by atoms with Gasteiger partial charge in [-0.25, -0.2) is 9.07 Å². The Hall–Kier alpha value is -2.57. The van der Waals surface area contributed by atoms with E-state index in [2.05, 4.69) is 10.00 Å². The second-order valence-corrected chi connectivity index (χ2v) is 6.05. The quantitative estimate of drug-likeness (QED) is 0.842. The highest BCUT2D eigenvalue weighted by molar-refractivity contribution is 5.92. The number of hydrogen-bond acceptors (Lipinski definition) is 4. The average molecular weight is 330 g/mol. The number of carbonyl (C=O) groups excluding carboxylic acids is 1. The molecule has 0 aliphatic carbocycles. The van der Waals surface area contributed by atoms with Gasteiger partial charge in [-0.3, -0.25) is 4.79 Å². The maximum absolute atomic E-state index is 13.0. The first-order valence-corrected chi connectivity index (χ1v) is 8.21. The van der Waals surface area contributed by atoms with Gasteiger partial charge in [0.1, 0.15) is 5.82 Å². The Balaban J connectivity index is 1.41. The summed E-state index contributed by atoms with van der Waals surface area (Å²) < 4.78 is 20.3. The molecule has 2 aliphatic rings. The Labute approximate surface area is 139 Å². The van der Waals surface area contributed by atoms with Gasteiger partial charge in [0.05, 0.1) is 6.61 Å². The van der Waals surface area contributed by atoms with Crippen LogP contribution in [-0.2, 0) is 6.54 Å². The highest BCUT2D eigenvalue weighted by Crippen LogP contribution is 2.21. The molecule has 0 spiro atoms. The summed E-state index contributed by atoms with van der Waals surface area (Å²) in [6.07, 6.45) is 0.915. The summed E-state index contributed by atoms with van der Waals surface area (Å²) in [4.78, 5) is 16.6. The Morgan fingerprint density at radius 2 is 1.83 bits per heavy atom. The number of anilines is 1. The van der Waals surface area contributed by atoms with Crippen LogP contribution in [0.2, 0.25) is 0 Å². The normalized spacial score (nSPS) is 17.4. The zero-order valence-corrected chi connectivity index (χ0v) is 13.3. The molecule has 0 saturated carbocycles. The van der Waals surface area contributed by atoms with Gasteiger partial charge in [-0.05, 0) is 24.3 Å². The number of carbonyl (C=O) groups is 1. The minimum Gasteiger partial charge on any atom is -0.478 e. The van der Waals surface area contributed by atoms with Crippen molar-refractivity contribution in [3.63, 3.8) is 0 Å². The molecule has 0 N–H and O–H groups in total. The standard InChI is InChI=1S/C17H19FN4O2/c18-13-2-4-14(5-3-13)20-7-9-21(10-8-20)17(23)15-12-16-22(19-15)6-1-11-24-16/h2-5,12H,1,6-11H2. The van der Waals surface area contributed by atoms with E-state index in [0.29, 0.717) is 31.3 Å². The van der Waals surface area contributed by atoms with Crippen LogP contribution in [0.15, 0.2) is 30.3 Å². The molecule has 1 amide bonds. The van der Waals surface area contributed by atoms with Gasteiger partial charge in [0, 0.05) is 50.9 Å². The van der Waals surface area contributed by atoms with Gasteiger partial charge in [-0.1, -0.05) is 0 Å². The minimum atomic E-state index is -0.237. The molecule has 0 unspecified atom stereocenters. The number of ether oxygens (including phenoxy) is 1. The fraction of sp³-hybridized carbons (Fsp3) is 0.412. The second kappa shape index (κ2) is 6.14. The van der Waals surface area contributed by atoms with Gasteiger partial charge in [0.25, 0.3) is 5.91 Å². The molecule has 7 heteroatoms. The number of halogens is 1. The Morgan fingerprint density at radius 3 is 2.54 bits per heavy atom. The van der Waals surface area contributed by atoms with Gasteiger partial charge in [0.2, 0.25) is 5.88 Å². The fourth-order valence-electron chi connectivity index (χ4n) is 3.15. The first-order valence-electron chi connectivity index (χ1n) is 8.21. The number of piperazine rings is 1. The van der Waals surface area contributed by atoms with Crippen molar-refractivity contribution in [1.29, 1.82) is 0 Å². The van der Waals surface area contributed by atoms with Crippen LogP contribution < -0.4 is 9.64 Å². The lowest BCUT2D eigenvalue weighted by molar-refractivity contribution is 0.0740. The van der Waals surface area contributed by atoms with E-state index in [-0.39, 0.29) is 11.7 Å². The Bertz CT molecular complexity index is 712. The van der Waals surface area contributed by atoms with Crippen molar-refractivity contribution >= 4 is 11.6 Å². The topological polar surface area (TPSA) is 50.6 Å². The number of benzene rings is 1. The van der Waals surface area contributed by atoms with Gasteiger partial charge in [0.15, 0.2) is 5.69 Å². The van der Waals surface area contributed by atoms with Gasteiger partial charge in [-0.15, -0.1) is 0 Å². The van der Waals surface area contributed by atoms with E-state index < -0.39 is 0 Å². The number of aryl methyl sites for hydroxylation is 1. The van der Waals surface area contributed by atoms with E-state index in [1.54, 1.807) is 22.9 Å². The number of nitrogens with zero attached hydrogens (tertiary/aromatic N) is 4. The zero-order chi connectivity index (χ0) is 16.5. The van der Waals surface area contributed by atoms with Crippen molar-refractivity contribution in [2.75, 3.05) is 37.7 Å². The molecule has 126 valence electrons.